The molecule has 2 heterocycles. The Kier molecular flexibility index (Phi) is 7.02. The predicted octanol–water partition coefficient (Wildman–Crippen LogP) is 3.86. The van der Waals surface area contributed by atoms with E-state index in [1.165, 1.54) is 23.3 Å². The van der Waals surface area contributed by atoms with Crippen LogP contribution in [0.15, 0.2) is 60.0 Å². The van der Waals surface area contributed by atoms with Gasteiger partial charge in [-0.05, 0) is 24.6 Å². The van der Waals surface area contributed by atoms with Gasteiger partial charge in [0.25, 0.3) is 0 Å². The lowest BCUT2D eigenvalue weighted by Gasteiger charge is -2.32. The highest BCUT2D eigenvalue weighted by molar-refractivity contribution is 5.32. The number of aryl methyl sites for hydroxylation is 1. The Bertz CT molecular complexity index is 937. The lowest BCUT2D eigenvalue weighted by atomic mass is 10.1. The highest BCUT2D eigenvalue weighted by atomic mass is 19.3. The molecule has 0 amide bonds. The summed E-state index contributed by atoms with van der Waals surface area (Å²) in [5.74, 6) is 1.82. The van der Waals surface area contributed by atoms with E-state index in [2.05, 4.69) is 57.9 Å². The molecule has 0 saturated heterocycles. The molecule has 1 unspecified atom stereocenters. The molecule has 172 valence electrons. The number of halogens is 1. The molecule has 4 rings (SSSR count). The third-order valence-electron chi connectivity index (χ3n) is 5.61. The molecule has 8 heteroatoms. The van der Waals surface area contributed by atoms with Crippen LogP contribution in [0.1, 0.15) is 17.5 Å². The SMILES string of the molecule is Cc1ccc(CN2C3=C(N(C)COC3)N(C)C2OCCCOc2cccc(OF)c2)cc1. The third-order valence-corrected chi connectivity index (χ3v) is 5.61. The average molecular weight is 444 g/mol. The van der Waals surface area contributed by atoms with Crippen molar-refractivity contribution in [2.45, 2.75) is 26.2 Å². The van der Waals surface area contributed by atoms with E-state index in [0.29, 0.717) is 38.7 Å². The molecule has 7 nitrogen and oxygen atoms in total. The van der Waals surface area contributed by atoms with Crippen LogP contribution < -0.4 is 9.68 Å². The summed E-state index contributed by atoms with van der Waals surface area (Å²) in [6.07, 6.45) is 0.467. The number of rotatable bonds is 9. The molecule has 2 aliphatic rings. The fourth-order valence-corrected chi connectivity index (χ4v) is 4.07. The molecule has 2 aromatic carbocycles. The molecule has 0 bridgehead atoms. The first kappa shape index (κ1) is 22.2. The Balaban J connectivity index is 1.37. The minimum Gasteiger partial charge on any atom is -0.493 e. The van der Waals surface area contributed by atoms with Crippen LogP contribution in [-0.4, -0.2) is 61.7 Å². The third kappa shape index (κ3) is 4.92. The normalized spacial score (nSPS) is 18.2. The Labute approximate surface area is 188 Å². The summed E-state index contributed by atoms with van der Waals surface area (Å²) in [7, 11) is 4.08. The minimum absolute atomic E-state index is 0.126. The largest absolute Gasteiger partial charge is 0.493 e. The standard InChI is InChI=1S/C24H30FN3O4/c1-18-8-10-19(11-9-18)15-28-22-16-29-17-26(2)23(22)27(3)24(28)31-13-5-12-30-20-6-4-7-21(14-20)32-25/h4,6-11,14,24H,5,12-13,15-17H2,1-3H3. The van der Waals surface area contributed by atoms with Crippen LogP contribution in [-0.2, 0) is 16.0 Å². The summed E-state index contributed by atoms with van der Waals surface area (Å²) in [5.41, 5.74) is 3.59. The van der Waals surface area contributed by atoms with Gasteiger partial charge in [-0.2, -0.15) is 0 Å². The van der Waals surface area contributed by atoms with E-state index in [1.54, 1.807) is 12.1 Å². The maximum atomic E-state index is 12.3. The summed E-state index contributed by atoms with van der Waals surface area (Å²) in [4.78, 5) is 10.3. The summed E-state index contributed by atoms with van der Waals surface area (Å²) < 4.78 is 30.1. The molecule has 2 aromatic rings. The quantitative estimate of drug-likeness (QED) is 0.546. The number of hydrogen-bond donors (Lipinski definition) is 0. The maximum Gasteiger partial charge on any atom is 0.211 e. The topological polar surface area (TPSA) is 46.6 Å². The zero-order valence-corrected chi connectivity index (χ0v) is 18.8. The maximum absolute atomic E-state index is 12.3. The number of benzene rings is 2. The smallest absolute Gasteiger partial charge is 0.211 e. The minimum atomic E-state index is -0.228. The molecule has 0 N–H and O–H groups in total. The molecule has 0 aromatic heterocycles. The van der Waals surface area contributed by atoms with Gasteiger partial charge in [0.15, 0.2) is 5.75 Å². The highest BCUT2D eigenvalue weighted by Crippen LogP contribution is 2.34. The van der Waals surface area contributed by atoms with Crippen LogP contribution in [0.5, 0.6) is 11.5 Å². The first-order chi connectivity index (χ1) is 15.6. The summed E-state index contributed by atoms with van der Waals surface area (Å²) in [6, 6.07) is 15.1. The second-order valence-corrected chi connectivity index (χ2v) is 8.12. The molecule has 0 spiro atoms. The van der Waals surface area contributed by atoms with Gasteiger partial charge >= 0.3 is 0 Å². The molecular weight excluding hydrogens is 413 g/mol. The van der Waals surface area contributed by atoms with E-state index in [1.807, 2.05) is 7.05 Å². The summed E-state index contributed by atoms with van der Waals surface area (Å²) in [5, 5.41) is 0. The molecule has 1 atom stereocenters. The van der Waals surface area contributed by atoms with E-state index in [-0.39, 0.29) is 12.1 Å². The van der Waals surface area contributed by atoms with Crippen molar-refractivity contribution in [1.82, 2.24) is 14.7 Å². The second-order valence-electron chi connectivity index (χ2n) is 8.12. The molecule has 0 saturated carbocycles. The van der Waals surface area contributed by atoms with Crippen LogP contribution in [0, 0.1) is 6.92 Å². The van der Waals surface area contributed by atoms with Gasteiger partial charge < -0.3 is 28.9 Å². The van der Waals surface area contributed by atoms with Gasteiger partial charge in [0.1, 0.15) is 18.3 Å². The van der Waals surface area contributed by atoms with E-state index in [9.17, 15) is 4.53 Å². The summed E-state index contributed by atoms with van der Waals surface area (Å²) >= 11 is 0. The molecule has 0 radical (unpaired) electrons. The second kappa shape index (κ2) is 10.1. The summed E-state index contributed by atoms with van der Waals surface area (Å²) in [6.45, 7) is 4.92. The zero-order chi connectivity index (χ0) is 22.5. The van der Waals surface area contributed by atoms with Gasteiger partial charge in [-0.15, -0.1) is 0 Å². The van der Waals surface area contributed by atoms with E-state index in [0.717, 1.165) is 18.1 Å². The van der Waals surface area contributed by atoms with Crippen molar-refractivity contribution in [2.75, 3.05) is 40.6 Å². The molecule has 32 heavy (non-hydrogen) atoms. The Morgan fingerprint density at radius 2 is 1.84 bits per heavy atom. The monoisotopic (exact) mass is 443 g/mol. The van der Waals surface area contributed by atoms with Gasteiger partial charge in [-0.25, -0.2) is 0 Å². The van der Waals surface area contributed by atoms with Crippen molar-refractivity contribution in [2.24, 2.45) is 0 Å². The van der Waals surface area contributed by atoms with Crippen LogP contribution in [0.25, 0.3) is 0 Å². The van der Waals surface area contributed by atoms with Gasteiger partial charge in [0.2, 0.25) is 6.35 Å². The number of ether oxygens (including phenoxy) is 3. The van der Waals surface area contributed by atoms with E-state index < -0.39 is 0 Å². The van der Waals surface area contributed by atoms with Crippen molar-refractivity contribution in [3.63, 3.8) is 0 Å². The Morgan fingerprint density at radius 1 is 1.06 bits per heavy atom. The van der Waals surface area contributed by atoms with Gasteiger partial charge in [-0.3, -0.25) is 4.94 Å². The Hall–Kier alpha value is -2.97. The molecule has 0 fully saturated rings. The van der Waals surface area contributed by atoms with Gasteiger partial charge in [-0.1, -0.05) is 35.9 Å². The first-order valence-corrected chi connectivity index (χ1v) is 10.8. The van der Waals surface area contributed by atoms with E-state index in [4.69, 9.17) is 14.2 Å². The fraction of sp³-hybridized carbons (Fsp3) is 0.417. The first-order valence-electron chi connectivity index (χ1n) is 10.8. The van der Waals surface area contributed by atoms with E-state index >= 15 is 0 Å². The van der Waals surface area contributed by atoms with Crippen molar-refractivity contribution in [3.05, 3.63) is 71.2 Å². The highest BCUT2D eigenvalue weighted by Gasteiger charge is 2.40. The molecule has 2 aliphatic heterocycles. The fourth-order valence-electron chi connectivity index (χ4n) is 4.07. The van der Waals surface area contributed by atoms with Gasteiger partial charge in [0.05, 0.1) is 25.5 Å². The van der Waals surface area contributed by atoms with Gasteiger partial charge in [0, 0.05) is 37.7 Å². The van der Waals surface area contributed by atoms with Crippen LogP contribution in [0.2, 0.25) is 0 Å². The lowest BCUT2D eigenvalue weighted by molar-refractivity contribution is -0.109. The van der Waals surface area contributed by atoms with Crippen molar-refractivity contribution in [1.29, 1.82) is 0 Å². The van der Waals surface area contributed by atoms with Crippen molar-refractivity contribution >= 4 is 0 Å². The zero-order valence-electron chi connectivity index (χ0n) is 18.8. The van der Waals surface area contributed by atoms with Crippen molar-refractivity contribution < 1.29 is 23.7 Å². The average Bonchev–Trinajstić information content (AvgIpc) is 3.07. The predicted molar refractivity (Wildman–Crippen MR) is 118 cm³/mol. The Morgan fingerprint density at radius 3 is 2.62 bits per heavy atom. The molecule has 0 aliphatic carbocycles. The van der Waals surface area contributed by atoms with Crippen LogP contribution in [0.3, 0.4) is 0 Å². The number of hydrogen-bond acceptors (Lipinski definition) is 7. The van der Waals surface area contributed by atoms with Crippen LogP contribution >= 0.6 is 0 Å². The van der Waals surface area contributed by atoms with Crippen molar-refractivity contribution in [3.8, 4) is 11.5 Å². The lowest BCUT2D eigenvalue weighted by Crippen LogP contribution is -2.42. The molecular formula is C24H30FN3O4. The number of nitrogens with zero attached hydrogens (tertiary/aromatic N) is 3. The van der Waals surface area contributed by atoms with Crippen LogP contribution in [0.4, 0.5) is 4.53 Å².